The molecule has 0 radical (unpaired) electrons. The number of unbranched alkanes of at least 4 members (excludes halogenated alkanes) is 32. The molecule has 0 heterocycles. The molecular weight excluding hydrogens is 1160 g/mol. The molecule has 8 nitrogen and oxygen atoms in total. The van der Waals surface area contributed by atoms with Gasteiger partial charge in [-0.1, -0.05) is 345 Å². The minimum Gasteiger partial charge on any atom is -0.756 e. The van der Waals surface area contributed by atoms with E-state index in [0.717, 1.165) is 122 Å². The first kappa shape index (κ1) is 89.1. The summed E-state index contributed by atoms with van der Waals surface area (Å²) in [5.41, 5.74) is 0. The van der Waals surface area contributed by atoms with Crippen molar-refractivity contribution in [1.29, 1.82) is 0 Å². The van der Waals surface area contributed by atoms with Gasteiger partial charge in [0.2, 0.25) is 5.91 Å². The van der Waals surface area contributed by atoms with Gasteiger partial charge in [-0.25, -0.2) is 0 Å². The lowest BCUT2D eigenvalue weighted by Crippen LogP contribution is -2.45. The average molecular weight is 1310 g/mol. The van der Waals surface area contributed by atoms with Gasteiger partial charge in [-0.15, -0.1) is 0 Å². The van der Waals surface area contributed by atoms with Crippen LogP contribution < -0.4 is 10.2 Å². The van der Waals surface area contributed by atoms with Gasteiger partial charge in [0.15, 0.2) is 0 Å². The third-order valence-electron chi connectivity index (χ3n) is 16.4. The molecule has 9 heteroatoms. The number of likely N-dealkylation sites (N-methyl/N-ethyl adjacent to an activating group) is 1. The number of carbonyl (C=O) groups excluding carboxylic acids is 1. The van der Waals surface area contributed by atoms with Gasteiger partial charge in [-0.2, -0.15) is 0 Å². The number of hydrogen-bond donors (Lipinski definition) is 2. The number of nitrogens with one attached hydrogen (secondary N) is 1. The molecule has 0 fully saturated rings. The number of allylic oxidation sites excluding steroid dienone is 25. The number of phosphoric acid groups is 1. The van der Waals surface area contributed by atoms with Crippen molar-refractivity contribution < 1.29 is 32.9 Å². The molecule has 1 amide bonds. The van der Waals surface area contributed by atoms with E-state index in [4.69, 9.17) is 9.05 Å². The Labute approximate surface area is 575 Å². The first-order chi connectivity index (χ1) is 45.5. The van der Waals surface area contributed by atoms with Crippen molar-refractivity contribution in [3.63, 3.8) is 0 Å². The highest BCUT2D eigenvalue weighted by molar-refractivity contribution is 7.45. The lowest BCUT2D eigenvalue weighted by Gasteiger charge is -2.29. The zero-order valence-corrected chi connectivity index (χ0v) is 61.8. The second kappa shape index (κ2) is 72.4. The number of nitrogens with zero attached hydrogens (tertiary/aromatic N) is 1. The fourth-order valence-corrected chi connectivity index (χ4v) is 11.3. The van der Waals surface area contributed by atoms with E-state index in [1.165, 1.54) is 173 Å². The molecule has 3 atom stereocenters. The second-order valence-electron chi connectivity index (χ2n) is 26.6. The number of carbonyl (C=O) groups is 1. The molecule has 0 aliphatic rings. The summed E-state index contributed by atoms with van der Waals surface area (Å²) >= 11 is 0. The lowest BCUT2D eigenvalue weighted by atomic mass is 10.0. The topological polar surface area (TPSA) is 108 Å². The smallest absolute Gasteiger partial charge is 0.268 e. The molecule has 532 valence electrons. The van der Waals surface area contributed by atoms with Gasteiger partial charge in [-0.3, -0.25) is 9.36 Å². The van der Waals surface area contributed by atoms with Crippen LogP contribution in [0.2, 0.25) is 0 Å². The zero-order chi connectivity index (χ0) is 67.6. The number of amides is 1. The molecule has 0 aliphatic heterocycles. The lowest BCUT2D eigenvalue weighted by molar-refractivity contribution is -0.870. The highest BCUT2D eigenvalue weighted by Crippen LogP contribution is 2.38. The highest BCUT2D eigenvalue weighted by Gasteiger charge is 2.23. The Bertz CT molecular complexity index is 2080. The summed E-state index contributed by atoms with van der Waals surface area (Å²) in [4.78, 5) is 25.7. The van der Waals surface area contributed by atoms with E-state index in [1.54, 1.807) is 6.08 Å². The fourth-order valence-electron chi connectivity index (χ4n) is 10.6. The Morgan fingerprint density at radius 1 is 0.387 bits per heavy atom. The normalized spacial score (nSPS) is 14.4. The van der Waals surface area contributed by atoms with Crippen LogP contribution >= 0.6 is 7.82 Å². The van der Waals surface area contributed by atoms with Gasteiger partial charge in [-0.05, 0) is 122 Å². The van der Waals surface area contributed by atoms with Gasteiger partial charge >= 0.3 is 0 Å². The van der Waals surface area contributed by atoms with Crippen molar-refractivity contribution in [3.8, 4) is 0 Å². The number of rotatable bonds is 69. The molecule has 0 spiro atoms. The van der Waals surface area contributed by atoms with Crippen LogP contribution in [0.5, 0.6) is 0 Å². The molecular formula is C84H145N2O6P. The molecule has 2 N–H and O–H groups in total. The minimum absolute atomic E-state index is 0.0169. The van der Waals surface area contributed by atoms with Crippen LogP contribution in [0, 0.1) is 0 Å². The molecule has 0 saturated heterocycles. The number of aliphatic hydroxyl groups is 1. The van der Waals surface area contributed by atoms with Crippen LogP contribution in [0.3, 0.4) is 0 Å². The summed E-state index contributed by atoms with van der Waals surface area (Å²) in [6.45, 7) is 4.52. The molecule has 0 bridgehead atoms. The van der Waals surface area contributed by atoms with Crippen molar-refractivity contribution >= 4 is 13.7 Å². The molecule has 0 aliphatic carbocycles. The molecule has 0 aromatic rings. The number of hydrogen-bond acceptors (Lipinski definition) is 6. The van der Waals surface area contributed by atoms with Crippen LogP contribution in [0.4, 0.5) is 0 Å². The minimum atomic E-state index is -4.63. The van der Waals surface area contributed by atoms with E-state index in [1.807, 2.05) is 27.2 Å². The molecule has 0 aromatic carbocycles. The van der Waals surface area contributed by atoms with E-state index in [2.05, 4.69) is 165 Å². The molecule has 0 rings (SSSR count). The quantitative estimate of drug-likeness (QED) is 0.0272. The van der Waals surface area contributed by atoms with Crippen molar-refractivity contribution in [3.05, 3.63) is 158 Å². The Morgan fingerprint density at radius 2 is 0.667 bits per heavy atom. The molecule has 93 heavy (non-hydrogen) atoms. The fraction of sp³-hybridized carbons (Fsp3) is 0.679. The van der Waals surface area contributed by atoms with E-state index in [0.29, 0.717) is 17.4 Å². The summed E-state index contributed by atoms with van der Waals surface area (Å²) in [6, 6.07) is -0.925. The van der Waals surface area contributed by atoms with Crippen molar-refractivity contribution in [2.75, 3.05) is 40.9 Å². The summed E-state index contributed by atoms with van der Waals surface area (Å²) in [5, 5.41) is 14.0. The Balaban J connectivity index is 4.14. The van der Waals surface area contributed by atoms with Gasteiger partial charge in [0.1, 0.15) is 13.2 Å². The highest BCUT2D eigenvalue weighted by atomic mass is 31.2. The molecule has 0 aromatic heterocycles. The molecule has 0 saturated carbocycles. The van der Waals surface area contributed by atoms with Crippen LogP contribution in [-0.2, 0) is 18.4 Å². The number of aliphatic hydroxyl groups excluding tert-OH is 1. The van der Waals surface area contributed by atoms with Crippen molar-refractivity contribution in [2.24, 2.45) is 0 Å². The number of phosphoric ester groups is 1. The molecule has 3 unspecified atom stereocenters. The first-order valence-electron chi connectivity index (χ1n) is 38.3. The third kappa shape index (κ3) is 75.4. The maximum absolute atomic E-state index is 13.1. The first-order valence-corrected chi connectivity index (χ1v) is 39.8. The van der Waals surface area contributed by atoms with E-state index >= 15 is 0 Å². The third-order valence-corrected chi connectivity index (χ3v) is 17.4. The Kier molecular flexibility index (Phi) is 69.4. The summed E-state index contributed by atoms with van der Waals surface area (Å²) in [6.07, 6.45) is 112. The van der Waals surface area contributed by atoms with Crippen molar-refractivity contribution in [2.45, 2.75) is 328 Å². The monoisotopic (exact) mass is 1310 g/mol. The largest absolute Gasteiger partial charge is 0.756 e. The van der Waals surface area contributed by atoms with E-state index < -0.39 is 26.6 Å². The second-order valence-corrected chi connectivity index (χ2v) is 28.0. The van der Waals surface area contributed by atoms with Gasteiger partial charge < -0.3 is 28.8 Å². The van der Waals surface area contributed by atoms with Crippen LogP contribution in [0.1, 0.15) is 316 Å². The van der Waals surface area contributed by atoms with Gasteiger partial charge in [0.25, 0.3) is 7.82 Å². The maximum Gasteiger partial charge on any atom is 0.268 e. The number of quaternary nitrogens is 1. The summed E-state index contributed by atoms with van der Waals surface area (Å²) < 4.78 is 23.5. The zero-order valence-electron chi connectivity index (χ0n) is 60.9. The van der Waals surface area contributed by atoms with Gasteiger partial charge in [0, 0.05) is 6.42 Å². The van der Waals surface area contributed by atoms with Gasteiger partial charge in [0.05, 0.1) is 39.9 Å². The Hall–Kier alpha value is -3.88. The average Bonchev–Trinajstić information content (AvgIpc) is 2.75. The standard InChI is InChI=1S/C84H145N2O6P/c1-6-8-10-12-14-16-18-20-22-24-26-28-30-32-34-36-38-39-40-41-42-43-44-45-46-47-48-50-52-54-56-58-60-62-64-66-68-70-72-74-76-78-84(88)85-82(81-92-93(89,90)91-80-79-86(3,4)5)83(87)77-75-73-71-69-67-65-63-61-59-57-55-53-51-49-37-35-33-31-29-27-25-23-21-19-17-15-13-11-9-7-2/h8,10,14,16,20,22,26,28,32,34,38-39,41-42,44-45,47-48,52,54,59,61,67,69,75,77,82-83,87H,6-7,9,11-13,15,17-19,21,23-25,27,29-31,33,35-37,40,43,46,49-51,53,55-58,60,62-66,68,70-74,76,78-81H2,1-5H3,(H-,85,88,89,90)/b10-8-,16-14-,22-20-,28-26-,34-32-,39-38-,42-41-,45-44-,48-47-,54-52-,61-59+,69-67+,77-75+. The SMILES string of the molecule is CC/C=C\C/C=C\C/C=C\C/C=C\C/C=C\C/C=C\C/C=C\C/C=C\C/C=C\C/C=C\CCCCCCCCCCCCC(=O)NC(COP(=O)([O-])OCC[N+](C)(C)C)C(O)/C=C/CC/C=C/CC/C=C/CCCCCCCCCCCCCCCCCCCCCC. The van der Waals surface area contributed by atoms with Crippen LogP contribution in [0.15, 0.2) is 158 Å². The predicted molar refractivity (Wildman–Crippen MR) is 408 cm³/mol. The maximum atomic E-state index is 13.1. The van der Waals surface area contributed by atoms with Crippen LogP contribution in [-0.4, -0.2) is 68.5 Å². The summed E-state index contributed by atoms with van der Waals surface area (Å²) in [5.74, 6) is -0.219. The van der Waals surface area contributed by atoms with E-state index in [9.17, 15) is 19.4 Å². The predicted octanol–water partition coefficient (Wildman–Crippen LogP) is 24.6. The van der Waals surface area contributed by atoms with Crippen molar-refractivity contribution in [1.82, 2.24) is 5.32 Å². The Morgan fingerprint density at radius 3 is 1.00 bits per heavy atom. The van der Waals surface area contributed by atoms with Crippen LogP contribution in [0.25, 0.3) is 0 Å². The van der Waals surface area contributed by atoms with E-state index in [-0.39, 0.29) is 12.5 Å². The summed E-state index contributed by atoms with van der Waals surface area (Å²) in [7, 11) is 1.22.